The van der Waals surface area contributed by atoms with Crippen LogP contribution in [0.4, 0.5) is 0 Å². The third-order valence-corrected chi connectivity index (χ3v) is 5.78. The Hall–Kier alpha value is -1.83. The molecule has 0 saturated carbocycles. The van der Waals surface area contributed by atoms with Gasteiger partial charge in [0.05, 0.1) is 32.8 Å². The number of carbonyl (C=O) groups excluding carboxylic acids is 1. The van der Waals surface area contributed by atoms with Gasteiger partial charge in [-0.2, -0.15) is 5.10 Å². The summed E-state index contributed by atoms with van der Waals surface area (Å²) < 4.78 is 8.37. The highest BCUT2D eigenvalue weighted by Gasteiger charge is 2.17. The summed E-state index contributed by atoms with van der Waals surface area (Å²) in [6, 6.07) is 9.19. The van der Waals surface area contributed by atoms with Crippen molar-refractivity contribution < 1.29 is 9.53 Å². The number of aryl methyl sites for hydroxylation is 1. The van der Waals surface area contributed by atoms with Crippen LogP contribution in [0.3, 0.4) is 0 Å². The molecule has 0 aliphatic heterocycles. The largest absolute Gasteiger partial charge is 0.487 e. The Morgan fingerprint density at radius 2 is 2.19 bits per heavy atom. The van der Waals surface area contributed by atoms with E-state index >= 15 is 0 Å². The second kappa shape index (κ2) is 8.24. The van der Waals surface area contributed by atoms with E-state index in [0.29, 0.717) is 28.8 Å². The van der Waals surface area contributed by atoms with Gasteiger partial charge in [-0.1, -0.05) is 23.7 Å². The summed E-state index contributed by atoms with van der Waals surface area (Å²) in [6.45, 7) is 0.837. The van der Waals surface area contributed by atoms with E-state index in [4.69, 9.17) is 16.3 Å². The van der Waals surface area contributed by atoms with Gasteiger partial charge < -0.3 is 9.64 Å². The van der Waals surface area contributed by atoms with Gasteiger partial charge in [0.1, 0.15) is 12.4 Å². The third kappa shape index (κ3) is 4.28. The van der Waals surface area contributed by atoms with E-state index in [0.717, 1.165) is 15.7 Å². The number of thiophene rings is 1. The maximum absolute atomic E-state index is 12.7. The number of nitrogens with zero attached hydrogens (tertiary/aromatic N) is 3. The number of carbonyl (C=O) groups is 1. The summed E-state index contributed by atoms with van der Waals surface area (Å²) in [4.78, 5) is 15.0. The normalized spacial score (nSPS) is 10.8. The van der Waals surface area contributed by atoms with Crippen LogP contribution in [0.5, 0.6) is 5.75 Å². The topological polar surface area (TPSA) is 47.4 Å². The van der Waals surface area contributed by atoms with E-state index in [1.54, 1.807) is 28.9 Å². The van der Waals surface area contributed by atoms with Crippen molar-refractivity contribution in [1.29, 1.82) is 0 Å². The zero-order valence-corrected chi connectivity index (χ0v) is 17.4. The molecule has 0 saturated heterocycles. The van der Waals surface area contributed by atoms with E-state index in [-0.39, 0.29) is 5.91 Å². The molecule has 2 heterocycles. The number of hydrogen-bond acceptors (Lipinski definition) is 4. The second-order valence-corrected chi connectivity index (χ2v) is 7.94. The maximum Gasteiger partial charge on any atom is 0.264 e. The molecule has 2 aromatic heterocycles. The molecule has 0 unspecified atom stereocenters. The van der Waals surface area contributed by atoms with Crippen LogP contribution in [0.1, 0.15) is 20.9 Å². The summed E-state index contributed by atoms with van der Waals surface area (Å²) in [6.07, 6.45) is 1.73. The molecule has 3 rings (SSSR count). The van der Waals surface area contributed by atoms with Gasteiger partial charge in [-0.15, -0.1) is 11.3 Å². The van der Waals surface area contributed by atoms with Crippen LogP contribution < -0.4 is 4.74 Å². The van der Waals surface area contributed by atoms with E-state index in [9.17, 15) is 4.79 Å². The van der Waals surface area contributed by atoms with Crippen LogP contribution >= 0.6 is 38.9 Å². The maximum atomic E-state index is 12.7. The second-order valence-electron chi connectivity index (χ2n) is 5.76. The molecule has 0 aliphatic carbocycles. The fraction of sp³-hybridized carbons (Fsp3) is 0.222. The van der Waals surface area contributed by atoms with Gasteiger partial charge >= 0.3 is 0 Å². The molecule has 0 aliphatic rings. The first-order chi connectivity index (χ1) is 12.5. The van der Waals surface area contributed by atoms with Crippen molar-refractivity contribution in [3.05, 3.63) is 67.5 Å². The fourth-order valence-corrected chi connectivity index (χ4v) is 3.94. The summed E-state index contributed by atoms with van der Waals surface area (Å²) in [7, 11) is 3.63. The van der Waals surface area contributed by atoms with Gasteiger partial charge in [0, 0.05) is 19.7 Å². The Balaban J connectivity index is 1.63. The fourth-order valence-electron chi connectivity index (χ4n) is 2.38. The first kappa shape index (κ1) is 18.9. The molecule has 0 fully saturated rings. The third-order valence-electron chi connectivity index (χ3n) is 3.84. The van der Waals surface area contributed by atoms with Gasteiger partial charge in [0.25, 0.3) is 5.91 Å². The monoisotopic (exact) mass is 453 g/mol. The minimum Gasteiger partial charge on any atom is -0.487 e. The average Bonchev–Trinajstić information content (AvgIpc) is 3.22. The standard InChI is InChI=1S/C18H17BrClN3O2S/c1-22(9-15-13(19)8-21-23(15)2)18(24)17-7-12(11-26-17)10-25-16-6-4-3-5-14(16)20/h3-8,11H,9-10H2,1-2H3. The number of para-hydroxylation sites is 1. The first-order valence-corrected chi connectivity index (χ1v) is 9.87. The van der Waals surface area contributed by atoms with E-state index in [1.165, 1.54) is 11.3 Å². The highest BCUT2D eigenvalue weighted by atomic mass is 79.9. The van der Waals surface area contributed by atoms with Crippen molar-refractivity contribution in [1.82, 2.24) is 14.7 Å². The molecule has 0 spiro atoms. The SMILES string of the molecule is CN(Cc1c(Br)cnn1C)C(=O)c1cc(COc2ccccc2Cl)cs1. The van der Waals surface area contributed by atoms with Crippen molar-refractivity contribution in [2.75, 3.05) is 7.05 Å². The summed E-state index contributed by atoms with van der Waals surface area (Å²) in [5.41, 5.74) is 1.88. The first-order valence-electron chi connectivity index (χ1n) is 7.82. The number of amides is 1. The Morgan fingerprint density at radius 1 is 1.42 bits per heavy atom. The Labute approximate surface area is 169 Å². The lowest BCUT2D eigenvalue weighted by molar-refractivity contribution is 0.0786. The quantitative estimate of drug-likeness (QED) is 0.540. The zero-order valence-electron chi connectivity index (χ0n) is 14.3. The van der Waals surface area contributed by atoms with Crippen molar-refractivity contribution in [3.63, 3.8) is 0 Å². The van der Waals surface area contributed by atoms with Crippen LogP contribution in [0.15, 0.2) is 46.4 Å². The predicted octanol–water partition coefficient (Wildman–Crippen LogP) is 4.75. The van der Waals surface area contributed by atoms with Crippen molar-refractivity contribution >= 4 is 44.8 Å². The summed E-state index contributed by atoms with van der Waals surface area (Å²) >= 11 is 11.0. The van der Waals surface area contributed by atoms with E-state index in [1.807, 2.05) is 36.7 Å². The highest BCUT2D eigenvalue weighted by Crippen LogP contribution is 2.25. The molecule has 3 aromatic rings. The number of benzene rings is 1. The smallest absolute Gasteiger partial charge is 0.264 e. The molecule has 8 heteroatoms. The number of aromatic nitrogens is 2. The van der Waals surface area contributed by atoms with Gasteiger partial charge in [-0.25, -0.2) is 0 Å². The summed E-state index contributed by atoms with van der Waals surface area (Å²) in [5, 5.41) is 6.67. The molecule has 1 amide bonds. The lowest BCUT2D eigenvalue weighted by Crippen LogP contribution is -2.26. The van der Waals surface area contributed by atoms with Crippen LogP contribution in [0.25, 0.3) is 0 Å². The molecule has 5 nitrogen and oxygen atoms in total. The Kier molecular flexibility index (Phi) is 6.01. The number of rotatable bonds is 6. The molecule has 0 atom stereocenters. The van der Waals surface area contributed by atoms with Gasteiger partial charge in [-0.05, 0) is 39.5 Å². The molecular formula is C18H17BrClN3O2S. The molecule has 0 radical (unpaired) electrons. The molecule has 1 aromatic carbocycles. The molecule has 26 heavy (non-hydrogen) atoms. The Bertz CT molecular complexity index is 905. The predicted molar refractivity (Wildman–Crippen MR) is 107 cm³/mol. The van der Waals surface area contributed by atoms with Crippen LogP contribution in [0, 0.1) is 0 Å². The summed E-state index contributed by atoms with van der Waals surface area (Å²) in [5.74, 6) is 0.596. The average molecular weight is 455 g/mol. The zero-order chi connectivity index (χ0) is 18.7. The molecule has 0 bridgehead atoms. The van der Waals surface area contributed by atoms with E-state index in [2.05, 4.69) is 21.0 Å². The highest BCUT2D eigenvalue weighted by molar-refractivity contribution is 9.10. The van der Waals surface area contributed by atoms with Crippen molar-refractivity contribution in [3.8, 4) is 5.75 Å². The van der Waals surface area contributed by atoms with Crippen molar-refractivity contribution in [2.45, 2.75) is 13.2 Å². The van der Waals surface area contributed by atoms with Crippen LogP contribution in [-0.4, -0.2) is 27.6 Å². The van der Waals surface area contributed by atoms with Gasteiger partial charge in [0.2, 0.25) is 0 Å². The Morgan fingerprint density at radius 3 is 2.88 bits per heavy atom. The number of ether oxygens (including phenoxy) is 1. The van der Waals surface area contributed by atoms with Crippen molar-refractivity contribution in [2.24, 2.45) is 7.05 Å². The van der Waals surface area contributed by atoms with Gasteiger partial charge in [0.15, 0.2) is 0 Å². The van der Waals surface area contributed by atoms with E-state index < -0.39 is 0 Å². The van der Waals surface area contributed by atoms with Crippen LogP contribution in [-0.2, 0) is 20.2 Å². The lowest BCUT2D eigenvalue weighted by atomic mass is 10.3. The molecular weight excluding hydrogens is 438 g/mol. The number of hydrogen-bond donors (Lipinski definition) is 0. The van der Waals surface area contributed by atoms with Gasteiger partial charge in [-0.3, -0.25) is 9.48 Å². The van der Waals surface area contributed by atoms with Crippen LogP contribution in [0.2, 0.25) is 5.02 Å². The molecule has 0 N–H and O–H groups in total. The lowest BCUT2D eigenvalue weighted by Gasteiger charge is -2.16. The number of halogens is 2. The minimum atomic E-state index is -0.0351. The molecule has 136 valence electrons. The minimum absolute atomic E-state index is 0.0351.